The first kappa shape index (κ1) is 26.7. The number of carbonyl (C=O) groups is 4. The van der Waals surface area contributed by atoms with E-state index in [1.165, 1.54) is 0 Å². The molecule has 8 nitrogen and oxygen atoms in total. The van der Waals surface area contributed by atoms with Crippen molar-refractivity contribution in [1.29, 1.82) is 0 Å². The molecule has 2 unspecified atom stereocenters. The maximum absolute atomic E-state index is 13.5. The number of esters is 1. The molecule has 0 aliphatic heterocycles. The molecule has 0 aromatic rings. The standard InChI is InChI=1S/C26H33O8.Na/c1-14-10-16(27)11-15-4-5-17-18-8-9-26(33,20(29)13-34-22(32)7-6-21(30)31)24(18,2)12-19(28)23(17)25(14,15)3;/h10-11,13,17-19,23,28,33H,4-9,12H2,1-3H3,(H,30,31);/t17-,18-,19?,23+,24-,25-,26-;/m0./s1. The molecule has 3 fully saturated rings. The first-order chi connectivity index (χ1) is 16.3. The number of aliphatic hydroxyl groups excluding tert-OH is 1. The van der Waals surface area contributed by atoms with Crippen LogP contribution in [0.5, 0.6) is 0 Å². The van der Waals surface area contributed by atoms with Crippen LogP contribution in [0.1, 0.15) is 65.7 Å². The molecule has 4 aliphatic rings. The molecule has 8 atom stereocenters. The zero-order valence-electron chi connectivity index (χ0n) is 20.9. The molecular weight excluding hydrogens is 463 g/mol. The summed E-state index contributed by atoms with van der Waals surface area (Å²) < 4.78 is 4.17. The summed E-state index contributed by atoms with van der Waals surface area (Å²) in [5, 5.41) is 32.1. The van der Waals surface area contributed by atoms with E-state index < -0.39 is 43.6 Å². The van der Waals surface area contributed by atoms with Crippen LogP contribution in [0.3, 0.4) is 0 Å². The van der Waals surface area contributed by atoms with Crippen molar-refractivity contribution in [2.75, 3.05) is 0 Å². The number of hydrogen-bond donors (Lipinski definition) is 3. The van der Waals surface area contributed by atoms with Gasteiger partial charge in [0.05, 0.1) is 0 Å². The molecule has 35 heavy (non-hydrogen) atoms. The topological polar surface area (TPSA) is 138 Å². The van der Waals surface area contributed by atoms with Crippen molar-refractivity contribution in [1.82, 2.24) is 0 Å². The van der Waals surface area contributed by atoms with Gasteiger partial charge in [0.25, 0.3) is 0 Å². The number of ketones is 2. The van der Waals surface area contributed by atoms with Gasteiger partial charge in [-0.05, 0) is 0 Å². The zero-order valence-corrected chi connectivity index (χ0v) is 22.9. The second kappa shape index (κ2) is 9.21. The van der Waals surface area contributed by atoms with Crippen molar-refractivity contribution < 1.29 is 39.2 Å². The monoisotopic (exact) mass is 496 g/mol. The fraction of sp³-hybridized carbons (Fsp3) is 0.692. The van der Waals surface area contributed by atoms with Gasteiger partial charge < -0.3 is 0 Å². The number of rotatable bonds is 6. The molecule has 0 aromatic carbocycles. The Labute approximate surface area is 222 Å². The minimum absolute atomic E-state index is 0.00484. The van der Waals surface area contributed by atoms with Gasteiger partial charge in [-0.1, -0.05) is 0 Å². The predicted octanol–water partition coefficient (Wildman–Crippen LogP) is 1.86. The number of Topliss-reactive ketones (excluding diaryl/α,β-unsaturated/α-hetero) is 1. The Kier molecular flexibility index (Phi) is 7.03. The van der Waals surface area contributed by atoms with Crippen molar-refractivity contribution in [3.05, 3.63) is 23.3 Å². The number of aliphatic carboxylic acids is 1. The van der Waals surface area contributed by atoms with Crippen LogP contribution in [0.2, 0.25) is 0 Å². The number of allylic oxidation sites excluding steroid dienone is 4. The van der Waals surface area contributed by atoms with Crippen LogP contribution < -0.4 is 0 Å². The summed E-state index contributed by atoms with van der Waals surface area (Å²) in [5.74, 6) is -2.46. The summed E-state index contributed by atoms with van der Waals surface area (Å²) in [5.41, 5.74) is -1.02. The molecule has 0 saturated heterocycles. The summed E-state index contributed by atoms with van der Waals surface area (Å²) in [4.78, 5) is 48.4. The minimum atomic E-state index is -1.73. The van der Waals surface area contributed by atoms with Crippen molar-refractivity contribution in [2.24, 2.45) is 28.6 Å². The predicted molar refractivity (Wildman–Crippen MR) is 125 cm³/mol. The molecule has 186 valence electrons. The van der Waals surface area contributed by atoms with Crippen LogP contribution in [0.15, 0.2) is 23.3 Å². The van der Waals surface area contributed by atoms with E-state index in [0.29, 0.717) is 6.42 Å². The van der Waals surface area contributed by atoms with Crippen molar-refractivity contribution in [3.63, 3.8) is 0 Å². The zero-order chi connectivity index (χ0) is 25.9. The fourth-order valence-electron chi connectivity index (χ4n) is 7.94. The third kappa shape index (κ3) is 4.09. The molecule has 3 saturated carbocycles. The fourth-order valence-corrected chi connectivity index (χ4v) is 8.68. The average Bonchev–Trinajstić information content (AvgIpc) is 3.03. The van der Waals surface area contributed by atoms with E-state index in [1.807, 2.05) is 13.8 Å². The Hall–Kier alpha value is -1.32. The molecule has 3 N–H and O–H groups in total. The Morgan fingerprint density at radius 2 is 1.89 bits per heavy atom. The number of carboxylic acid groups (broad SMARTS) is 1. The number of hydrogen-bond acceptors (Lipinski definition) is 7. The molecule has 4 rings (SSSR count). The van der Waals surface area contributed by atoms with E-state index in [4.69, 9.17) is 9.84 Å². The van der Waals surface area contributed by atoms with Crippen molar-refractivity contribution in [2.45, 2.75) is 80.8 Å². The van der Waals surface area contributed by atoms with Crippen LogP contribution in [0, 0.1) is 28.6 Å². The molecule has 0 spiro atoms. The quantitative estimate of drug-likeness (QED) is 0.374. The number of carboxylic acids is 1. The molecule has 0 radical (unpaired) electrons. The Morgan fingerprint density at radius 1 is 1.20 bits per heavy atom. The molecule has 0 aromatic heterocycles. The number of ether oxygens (including phenoxy) is 1. The van der Waals surface area contributed by atoms with E-state index >= 15 is 0 Å². The van der Waals surface area contributed by atoms with Gasteiger partial charge >= 0.3 is 223 Å². The van der Waals surface area contributed by atoms with Gasteiger partial charge in [-0.2, -0.15) is 0 Å². The normalized spacial score (nSPS) is 41.1. The first-order valence-electron chi connectivity index (χ1n) is 12.6. The molecule has 0 amide bonds. The van der Waals surface area contributed by atoms with E-state index in [1.54, 1.807) is 12.2 Å². The average molecular weight is 497 g/mol. The third-order valence-corrected chi connectivity index (χ3v) is 10.6. The van der Waals surface area contributed by atoms with Gasteiger partial charge in [0.2, 0.25) is 0 Å². The molecule has 4 aliphatic carbocycles. The van der Waals surface area contributed by atoms with Crippen LogP contribution in [-0.4, -0.2) is 81.8 Å². The Balaban J connectivity index is 1.59. The second-order valence-corrected chi connectivity index (χ2v) is 12.5. The summed E-state index contributed by atoms with van der Waals surface area (Å²) in [6.07, 6.45) is 4.52. The number of fused-ring (bicyclic) bond motifs is 5. The summed E-state index contributed by atoms with van der Waals surface area (Å²) >= 11 is 0.167. The van der Waals surface area contributed by atoms with E-state index in [2.05, 4.69) is 6.92 Å². The van der Waals surface area contributed by atoms with Crippen molar-refractivity contribution >= 4 is 51.4 Å². The van der Waals surface area contributed by atoms with E-state index in [0.717, 1.165) is 24.0 Å². The van der Waals surface area contributed by atoms with Gasteiger partial charge in [-0.25, -0.2) is 0 Å². The van der Waals surface area contributed by atoms with E-state index in [9.17, 15) is 29.4 Å². The molecule has 0 heterocycles. The van der Waals surface area contributed by atoms with E-state index in [-0.39, 0.29) is 77.2 Å². The molecular formula is C26H33NaO8. The molecule has 9 heteroatoms. The number of carbonyl (C=O) groups excluding carboxylic acids is 3. The Morgan fingerprint density at radius 3 is 2.54 bits per heavy atom. The van der Waals surface area contributed by atoms with Gasteiger partial charge in [0, 0.05) is 0 Å². The van der Waals surface area contributed by atoms with Gasteiger partial charge in [-0.15, -0.1) is 0 Å². The van der Waals surface area contributed by atoms with Crippen LogP contribution >= 0.6 is 0 Å². The first-order valence-corrected chi connectivity index (χ1v) is 13.7. The summed E-state index contributed by atoms with van der Waals surface area (Å²) in [7, 11) is 0. The van der Waals surface area contributed by atoms with Gasteiger partial charge in [-0.3, -0.25) is 0 Å². The van der Waals surface area contributed by atoms with Crippen molar-refractivity contribution in [3.8, 4) is 0 Å². The summed E-state index contributed by atoms with van der Waals surface area (Å²) in [6.45, 7) is 5.94. The third-order valence-electron chi connectivity index (χ3n) is 9.81. The van der Waals surface area contributed by atoms with Gasteiger partial charge in [0.15, 0.2) is 0 Å². The Bertz CT molecular complexity index is 1030. The van der Waals surface area contributed by atoms with Gasteiger partial charge in [0.1, 0.15) is 0 Å². The van der Waals surface area contributed by atoms with Crippen LogP contribution in [-0.2, 0) is 23.9 Å². The summed E-state index contributed by atoms with van der Waals surface area (Å²) in [6, 6.07) is 0. The SMILES string of the molecule is CC1=CC(=O)C=C2CC[C@@H]3[C@H](C(O)C[C@@]4(C)[C@H]3CC[C@]4(O)C(=O)[CH]([Na])OC(=O)CCC(=O)O)[C@@]12C. The van der Waals surface area contributed by atoms with Crippen LogP contribution in [0.4, 0.5) is 0 Å². The molecule has 0 bridgehead atoms. The maximum atomic E-state index is 13.5. The number of aliphatic hydroxyl groups is 2. The van der Waals surface area contributed by atoms with Crippen LogP contribution in [0.25, 0.3) is 0 Å². The second-order valence-electron chi connectivity index (χ2n) is 11.4.